The van der Waals surface area contributed by atoms with E-state index in [1.807, 2.05) is 19.0 Å². The average Bonchev–Trinajstić information content (AvgIpc) is 2.94. The maximum atomic E-state index is 12.6. The minimum Gasteiger partial charge on any atom is -0.329 e. The molecule has 0 radical (unpaired) electrons. The van der Waals surface area contributed by atoms with Gasteiger partial charge in [-0.25, -0.2) is 8.42 Å². The molecule has 1 aromatic rings. The first-order chi connectivity index (χ1) is 12.6. The van der Waals surface area contributed by atoms with Gasteiger partial charge in [-0.3, -0.25) is 19.7 Å². The molecule has 27 heavy (non-hydrogen) atoms. The Balaban J connectivity index is 2.10. The van der Waals surface area contributed by atoms with E-state index in [-0.39, 0.29) is 29.4 Å². The standard InChI is InChI=1S/C16H22N4O6S/c1-18(2)8-9-19(14-7-10-27(25,26)11-14)16(22)15(21)17-12-3-5-13(6-4-12)20(23)24/h3-6,14H,7-11H2,1-2H3,(H,17,21). The molecule has 1 fully saturated rings. The van der Waals surface area contributed by atoms with E-state index in [2.05, 4.69) is 5.32 Å². The Bertz CT molecular complexity index is 822. The lowest BCUT2D eigenvalue weighted by atomic mass is 10.2. The zero-order chi connectivity index (χ0) is 20.2. The zero-order valence-electron chi connectivity index (χ0n) is 15.1. The van der Waals surface area contributed by atoms with Crippen molar-refractivity contribution in [3.05, 3.63) is 34.4 Å². The number of amides is 2. The average molecular weight is 398 g/mol. The summed E-state index contributed by atoms with van der Waals surface area (Å²) in [6.45, 7) is 0.701. The molecular formula is C16H22N4O6S. The summed E-state index contributed by atoms with van der Waals surface area (Å²) in [5.41, 5.74) is 0.105. The number of benzene rings is 1. The summed E-state index contributed by atoms with van der Waals surface area (Å²) in [4.78, 5) is 38.2. The molecule has 2 amide bonds. The highest BCUT2D eigenvalue weighted by Crippen LogP contribution is 2.19. The van der Waals surface area contributed by atoms with E-state index < -0.39 is 32.6 Å². The topological polar surface area (TPSA) is 130 Å². The number of nitro groups is 1. The van der Waals surface area contributed by atoms with Gasteiger partial charge in [0.1, 0.15) is 0 Å². The van der Waals surface area contributed by atoms with Crippen molar-refractivity contribution in [3.63, 3.8) is 0 Å². The molecule has 1 aliphatic rings. The molecule has 0 saturated carbocycles. The van der Waals surface area contributed by atoms with Crippen LogP contribution < -0.4 is 5.32 Å². The summed E-state index contributed by atoms with van der Waals surface area (Å²) >= 11 is 0. The Morgan fingerprint density at radius 1 is 1.22 bits per heavy atom. The van der Waals surface area contributed by atoms with Crippen LogP contribution in [0.3, 0.4) is 0 Å². The monoisotopic (exact) mass is 398 g/mol. The molecule has 1 aliphatic heterocycles. The van der Waals surface area contributed by atoms with Crippen molar-refractivity contribution in [3.8, 4) is 0 Å². The van der Waals surface area contributed by atoms with Crippen molar-refractivity contribution in [1.82, 2.24) is 9.80 Å². The molecule has 0 spiro atoms. The van der Waals surface area contributed by atoms with Crippen LogP contribution in [0.1, 0.15) is 6.42 Å². The number of sulfone groups is 1. The summed E-state index contributed by atoms with van der Waals surface area (Å²) < 4.78 is 23.5. The van der Waals surface area contributed by atoms with Crippen LogP contribution in [0.4, 0.5) is 11.4 Å². The quantitative estimate of drug-likeness (QED) is 0.409. The van der Waals surface area contributed by atoms with E-state index >= 15 is 0 Å². The van der Waals surface area contributed by atoms with Gasteiger partial charge in [-0.15, -0.1) is 0 Å². The Labute approximate surface area is 157 Å². The molecule has 0 aromatic heterocycles. The number of carbonyl (C=O) groups excluding carboxylic acids is 2. The second kappa shape index (κ2) is 8.44. The number of anilines is 1. The van der Waals surface area contributed by atoms with E-state index in [4.69, 9.17) is 0 Å². The number of hydrogen-bond acceptors (Lipinski definition) is 7. The van der Waals surface area contributed by atoms with Gasteiger partial charge < -0.3 is 15.1 Å². The summed E-state index contributed by atoms with van der Waals surface area (Å²) in [6.07, 6.45) is 0.298. The van der Waals surface area contributed by atoms with Crippen LogP contribution in [-0.2, 0) is 19.4 Å². The van der Waals surface area contributed by atoms with Gasteiger partial charge in [-0.1, -0.05) is 0 Å². The molecule has 1 unspecified atom stereocenters. The number of rotatable bonds is 6. The van der Waals surface area contributed by atoms with Crippen molar-refractivity contribution in [2.24, 2.45) is 0 Å². The maximum Gasteiger partial charge on any atom is 0.313 e. The number of carbonyl (C=O) groups is 2. The molecule has 0 aliphatic carbocycles. The smallest absolute Gasteiger partial charge is 0.313 e. The third-order valence-corrected chi connectivity index (χ3v) is 5.98. The fourth-order valence-electron chi connectivity index (χ4n) is 2.76. The summed E-state index contributed by atoms with van der Waals surface area (Å²) in [5, 5.41) is 13.1. The number of likely N-dealkylation sites (N-methyl/N-ethyl adjacent to an activating group) is 1. The van der Waals surface area contributed by atoms with E-state index in [9.17, 15) is 28.1 Å². The van der Waals surface area contributed by atoms with Crippen LogP contribution >= 0.6 is 0 Å². The Kier molecular flexibility index (Phi) is 6.50. The maximum absolute atomic E-state index is 12.6. The van der Waals surface area contributed by atoms with Gasteiger partial charge >= 0.3 is 11.8 Å². The molecule has 0 bridgehead atoms. The van der Waals surface area contributed by atoms with Gasteiger partial charge in [0.05, 0.1) is 16.4 Å². The van der Waals surface area contributed by atoms with Crippen LogP contribution in [0.5, 0.6) is 0 Å². The molecule has 2 rings (SSSR count). The molecule has 1 atom stereocenters. The zero-order valence-corrected chi connectivity index (χ0v) is 15.9. The summed E-state index contributed by atoms with van der Waals surface area (Å²) in [7, 11) is 0.408. The molecular weight excluding hydrogens is 376 g/mol. The second-order valence-corrected chi connectivity index (χ2v) is 8.85. The van der Waals surface area contributed by atoms with Gasteiger partial charge in [0.25, 0.3) is 5.69 Å². The first kappa shape index (κ1) is 20.8. The molecule has 11 heteroatoms. The van der Waals surface area contributed by atoms with Crippen LogP contribution in [0, 0.1) is 10.1 Å². The van der Waals surface area contributed by atoms with Crippen LogP contribution in [0.15, 0.2) is 24.3 Å². The lowest BCUT2D eigenvalue weighted by Crippen LogP contribution is -2.48. The minimum absolute atomic E-state index is 0.00656. The second-order valence-electron chi connectivity index (χ2n) is 6.62. The fourth-order valence-corrected chi connectivity index (χ4v) is 4.49. The fraction of sp³-hybridized carbons (Fsp3) is 0.500. The molecule has 148 valence electrons. The van der Waals surface area contributed by atoms with Gasteiger partial charge in [0, 0.05) is 37.0 Å². The number of nitrogens with one attached hydrogen (secondary N) is 1. The van der Waals surface area contributed by atoms with Crippen LogP contribution in [-0.4, -0.2) is 79.7 Å². The van der Waals surface area contributed by atoms with Gasteiger partial charge in [0.2, 0.25) is 0 Å². The SMILES string of the molecule is CN(C)CCN(C(=O)C(=O)Nc1ccc([N+](=O)[O-])cc1)C1CCS(=O)(=O)C1. The number of hydrogen-bond donors (Lipinski definition) is 1. The number of nitrogens with zero attached hydrogens (tertiary/aromatic N) is 3. The minimum atomic E-state index is -3.21. The third-order valence-electron chi connectivity index (χ3n) is 4.23. The molecule has 1 saturated heterocycles. The first-order valence-corrected chi connectivity index (χ1v) is 10.1. The van der Waals surface area contributed by atoms with Gasteiger partial charge in [-0.2, -0.15) is 0 Å². The highest BCUT2D eigenvalue weighted by molar-refractivity contribution is 7.91. The third kappa shape index (κ3) is 5.73. The number of non-ortho nitro benzene ring substituents is 1. The Hall–Kier alpha value is -2.53. The Morgan fingerprint density at radius 3 is 2.33 bits per heavy atom. The normalized spacial score (nSPS) is 18.3. The van der Waals surface area contributed by atoms with Gasteiger partial charge in [0.15, 0.2) is 9.84 Å². The van der Waals surface area contributed by atoms with Crippen molar-refractivity contribution < 1.29 is 22.9 Å². The predicted molar refractivity (Wildman–Crippen MR) is 99.1 cm³/mol. The van der Waals surface area contributed by atoms with Crippen LogP contribution in [0.2, 0.25) is 0 Å². The molecule has 1 heterocycles. The summed E-state index contributed by atoms with van der Waals surface area (Å²) in [5.74, 6) is -1.89. The molecule has 10 nitrogen and oxygen atoms in total. The van der Waals surface area contributed by atoms with E-state index in [1.165, 1.54) is 29.2 Å². The highest BCUT2D eigenvalue weighted by Gasteiger charge is 2.36. The highest BCUT2D eigenvalue weighted by atomic mass is 32.2. The van der Waals surface area contributed by atoms with E-state index in [0.29, 0.717) is 13.0 Å². The molecule has 1 aromatic carbocycles. The van der Waals surface area contributed by atoms with Crippen molar-refractivity contribution in [2.45, 2.75) is 12.5 Å². The van der Waals surface area contributed by atoms with Crippen molar-refractivity contribution in [1.29, 1.82) is 0 Å². The van der Waals surface area contributed by atoms with Crippen molar-refractivity contribution >= 4 is 33.0 Å². The summed E-state index contributed by atoms with van der Waals surface area (Å²) in [6, 6.07) is 4.55. The molecule has 1 N–H and O–H groups in total. The van der Waals surface area contributed by atoms with Crippen LogP contribution in [0.25, 0.3) is 0 Å². The Morgan fingerprint density at radius 2 is 1.85 bits per heavy atom. The van der Waals surface area contributed by atoms with E-state index in [0.717, 1.165) is 0 Å². The largest absolute Gasteiger partial charge is 0.329 e. The lowest BCUT2D eigenvalue weighted by Gasteiger charge is -2.28. The van der Waals surface area contributed by atoms with E-state index in [1.54, 1.807) is 0 Å². The first-order valence-electron chi connectivity index (χ1n) is 8.30. The predicted octanol–water partition coefficient (Wildman–Crippen LogP) is 0.111. The van der Waals surface area contributed by atoms with Crippen molar-refractivity contribution in [2.75, 3.05) is 44.0 Å². The number of nitro benzene ring substituents is 1. The van der Waals surface area contributed by atoms with Gasteiger partial charge in [-0.05, 0) is 32.6 Å². The lowest BCUT2D eigenvalue weighted by molar-refractivity contribution is -0.384.